The summed E-state index contributed by atoms with van der Waals surface area (Å²) in [7, 11) is 0. The second kappa shape index (κ2) is 6.48. The molecule has 3 rings (SSSR count). The second-order valence-electron chi connectivity index (χ2n) is 6.08. The zero-order chi connectivity index (χ0) is 15.5. The first kappa shape index (κ1) is 15.0. The monoisotopic (exact) mass is 303 g/mol. The van der Waals surface area contributed by atoms with E-state index in [4.69, 9.17) is 9.47 Å². The normalized spacial score (nSPS) is 28.5. The molecular formula is C17H21NO4. The van der Waals surface area contributed by atoms with Crippen molar-refractivity contribution in [2.45, 2.75) is 25.8 Å². The smallest absolute Gasteiger partial charge is 0.416 e. The summed E-state index contributed by atoms with van der Waals surface area (Å²) in [4.78, 5) is 26.1. The summed E-state index contributed by atoms with van der Waals surface area (Å²) in [5.41, 5.74) is 1.10. The Labute approximate surface area is 130 Å². The van der Waals surface area contributed by atoms with Crippen molar-refractivity contribution in [3.05, 3.63) is 35.9 Å². The maximum absolute atomic E-state index is 12.8. The highest BCUT2D eigenvalue weighted by atomic mass is 16.6. The Morgan fingerprint density at radius 2 is 2.05 bits per heavy atom. The summed E-state index contributed by atoms with van der Waals surface area (Å²) in [6, 6.07) is 9.66. The number of rotatable bonds is 3. The second-order valence-corrected chi connectivity index (χ2v) is 6.08. The molecule has 0 radical (unpaired) electrons. The molecule has 22 heavy (non-hydrogen) atoms. The number of cyclic esters (lactones) is 1. The lowest BCUT2D eigenvalue weighted by Crippen LogP contribution is -2.47. The summed E-state index contributed by atoms with van der Waals surface area (Å²) < 4.78 is 10.5. The van der Waals surface area contributed by atoms with E-state index in [1.807, 2.05) is 37.3 Å². The molecule has 2 aliphatic rings. The average Bonchev–Trinajstić information content (AvgIpc) is 2.89. The third-order valence-electron chi connectivity index (χ3n) is 4.47. The van der Waals surface area contributed by atoms with Gasteiger partial charge in [0, 0.05) is 19.1 Å². The van der Waals surface area contributed by atoms with Crippen molar-refractivity contribution < 1.29 is 19.1 Å². The van der Waals surface area contributed by atoms with E-state index in [9.17, 15) is 9.59 Å². The van der Waals surface area contributed by atoms with Gasteiger partial charge in [0.2, 0.25) is 5.91 Å². The predicted molar refractivity (Wildman–Crippen MR) is 80.2 cm³/mol. The third-order valence-corrected chi connectivity index (χ3v) is 4.47. The zero-order valence-electron chi connectivity index (χ0n) is 12.7. The summed E-state index contributed by atoms with van der Waals surface area (Å²) in [5, 5.41) is 0. The van der Waals surface area contributed by atoms with Crippen molar-refractivity contribution in [2.75, 3.05) is 19.8 Å². The Morgan fingerprint density at radius 1 is 1.27 bits per heavy atom. The van der Waals surface area contributed by atoms with Crippen LogP contribution in [0, 0.1) is 11.8 Å². The van der Waals surface area contributed by atoms with Crippen LogP contribution in [0.1, 0.15) is 18.9 Å². The van der Waals surface area contributed by atoms with E-state index in [1.165, 1.54) is 4.90 Å². The molecule has 0 aliphatic carbocycles. The predicted octanol–water partition coefficient (Wildman–Crippen LogP) is 2.25. The molecule has 0 unspecified atom stereocenters. The molecule has 0 saturated carbocycles. The minimum absolute atomic E-state index is 0.112. The van der Waals surface area contributed by atoms with Gasteiger partial charge in [0.05, 0.1) is 6.04 Å². The van der Waals surface area contributed by atoms with Crippen LogP contribution in [0.25, 0.3) is 0 Å². The van der Waals surface area contributed by atoms with E-state index in [0.717, 1.165) is 5.56 Å². The van der Waals surface area contributed by atoms with E-state index >= 15 is 0 Å². The molecule has 1 aromatic carbocycles. The molecule has 0 bridgehead atoms. The molecule has 5 nitrogen and oxygen atoms in total. The van der Waals surface area contributed by atoms with Gasteiger partial charge < -0.3 is 9.47 Å². The first-order valence-electron chi connectivity index (χ1n) is 7.78. The molecule has 2 saturated heterocycles. The van der Waals surface area contributed by atoms with Crippen molar-refractivity contribution >= 4 is 12.0 Å². The standard InChI is InChI=1S/C17H21NO4/c1-12-10-21-8-7-15(12)16(19)18-14(11-22-17(18)20)9-13-5-3-2-4-6-13/h2-6,12,14-15H,7-11H2,1H3/t12-,14-,15-/m1/s1. The average molecular weight is 303 g/mol. The molecule has 0 aromatic heterocycles. The number of hydrogen-bond donors (Lipinski definition) is 0. The number of benzene rings is 1. The van der Waals surface area contributed by atoms with Gasteiger partial charge in [-0.25, -0.2) is 9.69 Å². The highest BCUT2D eigenvalue weighted by Gasteiger charge is 2.42. The van der Waals surface area contributed by atoms with Crippen molar-refractivity contribution in [1.29, 1.82) is 0 Å². The van der Waals surface area contributed by atoms with Crippen LogP contribution in [-0.2, 0) is 20.7 Å². The molecular weight excluding hydrogens is 282 g/mol. The number of nitrogens with zero attached hydrogens (tertiary/aromatic N) is 1. The fourth-order valence-electron chi connectivity index (χ4n) is 3.19. The number of amides is 2. The van der Waals surface area contributed by atoms with Crippen LogP contribution < -0.4 is 0 Å². The minimum Gasteiger partial charge on any atom is -0.447 e. The van der Waals surface area contributed by atoms with Gasteiger partial charge >= 0.3 is 6.09 Å². The largest absolute Gasteiger partial charge is 0.447 e. The number of carbonyl (C=O) groups excluding carboxylic acids is 2. The van der Waals surface area contributed by atoms with Crippen molar-refractivity contribution in [2.24, 2.45) is 11.8 Å². The fraction of sp³-hybridized carbons (Fsp3) is 0.529. The van der Waals surface area contributed by atoms with E-state index in [2.05, 4.69) is 0 Å². The number of imide groups is 1. The van der Waals surface area contributed by atoms with Crippen LogP contribution in [0.2, 0.25) is 0 Å². The SMILES string of the molecule is C[C@@H]1COCC[C@H]1C(=O)N1C(=O)OC[C@H]1Cc1ccccc1. The van der Waals surface area contributed by atoms with Crippen LogP contribution in [0.15, 0.2) is 30.3 Å². The van der Waals surface area contributed by atoms with Crippen LogP contribution in [0.5, 0.6) is 0 Å². The molecule has 2 fully saturated rings. The highest BCUT2D eigenvalue weighted by Crippen LogP contribution is 2.27. The van der Waals surface area contributed by atoms with Gasteiger partial charge in [-0.1, -0.05) is 37.3 Å². The Balaban J connectivity index is 1.74. The van der Waals surface area contributed by atoms with Gasteiger partial charge in [0.1, 0.15) is 6.61 Å². The lowest BCUT2D eigenvalue weighted by Gasteiger charge is -2.31. The van der Waals surface area contributed by atoms with E-state index in [1.54, 1.807) is 0 Å². The molecule has 2 aliphatic heterocycles. The third kappa shape index (κ3) is 2.99. The van der Waals surface area contributed by atoms with E-state index in [-0.39, 0.29) is 30.4 Å². The molecule has 0 spiro atoms. The number of hydrogen-bond acceptors (Lipinski definition) is 4. The maximum Gasteiger partial charge on any atom is 0.416 e. The fourth-order valence-corrected chi connectivity index (χ4v) is 3.19. The van der Waals surface area contributed by atoms with Crippen LogP contribution in [0.3, 0.4) is 0 Å². The molecule has 2 amide bonds. The summed E-state index contributed by atoms with van der Waals surface area (Å²) >= 11 is 0. The first-order valence-corrected chi connectivity index (χ1v) is 7.78. The van der Waals surface area contributed by atoms with Crippen molar-refractivity contribution in [1.82, 2.24) is 4.90 Å². The quantitative estimate of drug-likeness (QED) is 0.859. The van der Waals surface area contributed by atoms with E-state index < -0.39 is 6.09 Å². The van der Waals surface area contributed by atoms with Gasteiger partial charge in [0.25, 0.3) is 0 Å². The van der Waals surface area contributed by atoms with Gasteiger partial charge in [0.15, 0.2) is 0 Å². The Bertz CT molecular complexity index is 545. The topological polar surface area (TPSA) is 55.8 Å². The lowest BCUT2D eigenvalue weighted by molar-refractivity contribution is -0.139. The van der Waals surface area contributed by atoms with Gasteiger partial charge in [-0.3, -0.25) is 4.79 Å². The zero-order valence-corrected chi connectivity index (χ0v) is 12.7. The maximum atomic E-state index is 12.8. The van der Waals surface area contributed by atoms with Crippen molar-refractivity contribution in [3.8, 4) is 0 Å². The highest BCUT2D eigenvalue weighted by molar-refractivity contribution is 5.95. The molecule has 2 heterocycles. The van der Waals surface area contributed by atoms with Crippen LogP contribution in [-0.4, -0.2) is 42.8 Å². The van der Waals surface area contributed by atoms with Gasteiger partial charge in [-0.05, 0) is 24.3 Å². The molecule has 1 aromatic rings. The molecule has 3 atom stereocenters. The Kier molecular flexibility index (Phi) is 4.43. The summed E-state index contributed by atoms with van der Waals surface area (Å²) in [6.45, 7) is 3.42. The van der Waals surface area contributed by atoms with E-state index in [0.29, 0.717) is 26.1 Å². The minimum atomic E-state index is -0.510. The Morgan fingerprint density at radius 3 is 2.77 bits per heavy atom. The van der Waals surface area contributed by atoms with Gasteiger partial charge in [-0.15, -0.1) is 0 Å². The van der Waals surface area contributed by atoms with Crippen LogP contribution in [0.4, 0.5) is 4.79 Å². The molecule has 5 heteroatoms. The van der Waals surface area contributed by atoms with Gasteiger partial charge in [-0.2, -0.15) is 0 Å². The Hall–Kier alpha value is -1.88. The lowest BCUT2D eigenvalue weighted by atomic mass is 9.88. The number of ether oxygens (including phenoxy) is 2. The van der Waals surface area contributed by atoms with Crippen molar-refractivity contribution in [3.63, 3.8) is 0 Å². The summed E-state index contributed by atoms with van der Waals surface area (Å²) in [5.74, 6) is -0.135. The number of carbonyl (C=O) groups is 2. The molecule has 118 valence electrons. The first-order chi connectivity index (χ1) is 10.7. The molecule has 0 N–H and O–H groups in total. The van der Waals surface area contributed by atoms with Crippen LogP contribution >= 0.6 is 0 Å². The summed E-state index contributed by atoms with van der Waals surface area (Å²) in [6.07, 6.45) is 0.794.